The number of hydrogen-bond donors (Lipinski definition) is 4. The maximum absolute atomic E-state index is 12.8. The molecule has 2 aliphatic rings. The number of ether oxygens (including phenoxy) is 2. The molecule has 4 aromatic carbocycles. The Hall–Kier alpha value is -6.16. The van der Waals surface area contributed by atoms with Crippen molar-refractivity contribution in [2.75, 3.05) is 26.2 Å². The first-order chi connectivity index (χ1) is 30.6. The molecule has 2 aliphatic carbocycles. The molecule has 0 atom stereocenters. The molecule has 0 saturated heterocycles. The average Bonchev–Trinajstić information content (AvgIpc) is 3.51. The molecule has 0 spiro atoms. The lowest BCUT2D eigenvalue weighted by molar-refractivity contribution is 0.0516. The van der Waals surface area contributed by atoms with Crippen LogP contribution in [0, 0.1) is 0 Å². The maximum atomic E-state index is 12.8. The van der Waals surface area contributed by atoms with Crippen LogP contribution in [0.2, 0.25) is 0 Å². The molecule has 340 valence electrons. The van der Waals surface area contributed by atoms with Gasteiger partial charge in [-0.25, -0.2) is 9.59 Å². The fourth-order valence-electron chi connectivity index (χ4n) is 7.73. The molecular formula is C54H68N4O6. The molecule has 4 N–H and O–H groups in total. The maximum Gasteiger partial charge on any atom is 0.407 e. The summed E-state index contributed by atoms with van der Waals surface area (Å²) in [5.74, 6) is -0.294. The normalized spacial score (nSPS) is 14.2. The highest BCUT2D eigenvalue weighted by molar-refractivity contribution is 5.97. The van der Waals surface area contributed by atoms with E-state index in [0.29, 0.717) is 37.3 Å². The van der Waals surface area contributed by atoms with E-state index in [1.165, 1.54) is 44.5 Å². The third-order valence-corrected chi connectivity index (χ3v) is 10.7. The number of unbranched alkanes of at least 4 members (excludes halogenated alkanes) is 2. The molecule has 64 heavy (non-hydrogen) atoms. The van der Waals surface area contributed by atoms with Crippen LogP contribution < -0.4 is 21.3 Å². The van der Waals surface area contributed by atoms with Crippen molar-refractivity contribution >= 4 is 35.1 Å². The van der Waals surface area contributed by atoms with E-state index in [1.807, 2.05) is 65.8 Å². The van der Waals surface area contributed by atoms with E-state index in [1.54, 1.807) is 0 Å². The summed E-state index contributed by atoms with van der Waals surface area (Å²) in [6.07, 6.45) is 11.7. The van der Waals surface area contributed by atoms with E-state index < -0.39 is 23.4 Å². The van der Waals surface area contributed by atoms with Crippen LogP contribution in [0.15, 0.2) is 97.1 Å². The van der Waals surface area contributed by atoms with Gasteiger partial charge in [0, 0.05) is 37.3 Å². The van der Waals surface area contributed by atoms with Crippen molar-refractivity contribution in [3.63, 3.8) is 0 Å². The molecule has 0 fully saturated rings. The number of fused-ring (bicyclic) bond motifs is 4. The molecule has 10 heteroatoms. The van der Waals surface area contributed by atoms with E-state index in [9.17, 15) is 19.2 Å². The number of hydrogen-bond acceptors (Lipinski definition) is 6. The van der Waals surface area contributed by atoms with Crippen LogP contribution in [0.5, 0.6) is 0 Å². The third kappa shape index (κ3) is 14.4. The van der Waals surface area contributed by atoms with Crippen LogP contribution in [0.1, 0.15) is 146 Å². The number of carbonyl (C=O) groups is 4. The highest BCUT2D eigenvalue weighted by Crippen LogP contribution is 2.36. The molecule has 0 heterocycles. The molecule has 0 unspecified atom stereocenters. The first-order valence-electron chi connectivity index (χ1n) is 22.9. The zero-order valence-corrected chi connectivity index (χ0v) is 39.2. The van der Waals surface area contributed by atoms with Crippen LogP contribution in [0.25, 0.3) is 11.1 Å². The van der Waals surface area contributed by atoms with E-state index in [0.717, 1.165) is 62.5 Å². The highest BCUT2D eigenvalue weighted by Gasteiger charge is 2.22. The molecule has 10 nitrogen and oxygen atoms in total. The number of aryl methyl sites for hydroxylation is 4. The summed E-state index contributed by atoms with van der Waals surface area (Å²) in [5, 5.41) is 11.1. The Morgan fingerprint density at radius 2 is 0.828 bits per heavy atom. The van der Waals surface area contributed by atoms with Crippen molar-refractivity contribution < 1.29 is 28.7 Å². The average molecular weight is 869 g/mol. The summed E-state index contributed by atoms with van der Waals surface area (Å²) in [4.78, 5) is 49.0. The molecular weight excluding hydrogens is 801 g/mol. The summed E-state index contributed by atoms with van der Waals surface area (Å²) in [6.45, 7) is 16.5. The SMILES string of the molecule is CCC/C=C1\c2ccccc2CCc2ccc(C(=O)NCCNC(=O)OC(C)(C)C)cc21.CCC/C=C1\c2ccccc2CCc2ccc(C(=O)NCCNC(=O)OC(C)(C)C)cc21. The predicted octanol–water partition coefficient (Wildman–Crippen LogP) is 10.5. The van der Waals surface area contributed by atoms with Gasteiger partial charge in [-0.1, -0.05) is 99.5 Å². The minimum Gasteiger partial charge on any atom is -0.444 e. The Labute approximate surface area is 380 Å². The molecule has 0 bridgehead atoms. The van der Waals surface area contributed by atoms with Crippen molar-refractivity contribution in [3.8, 4) is 0 Å². The fraction of sp³-hybridized carbons (Fsp3) is 0.407. The van der Waals surface area contributed by atoms with Gasteiger partial charge in [-0.3, -0.25) is 9.59 Å². The standard InChI is InChI=1S/2C27H34N2O3/c2*1-5-6-10-23-22-11-8-7-9-19(22)12-13-20-14-15-21(18-24(20)23)25(30)28-16-17-29-26(31)32-27(2,3)4/h2*7-11,14-15,18H,5-6,12-13,16-17H2,1-4H3,(H,28,30)(H,29,31)/b2*23-10+. The van der Waals surface area contributed by atoms with Gasteiger partial charge in [0.2, 0.25) is 0 Å². The second-order valence-electron chi connectivity index (χ2n) is 18.2. The summed E-state index contributed by atoms with van der Waals surface area (Å²) in [6, 6.07) is 29.1. The van der Waals surface area contributed by atoms with Gasteiger partial charge >= 0.3 is 12.2 Å². The lowest BCUT2D eigenvalue weighted by Crippen LogP contribution is -2.37. The van der Waals surface area contributed by atoms with Crippen molar-refractivity contribution in [3.05, 3.63) is 153 Å². The van der Waals surface area contributed by atoms with Crippen molar-refractivity contribution in [1.82, 2.24) is 21.3 Å². The zero-order chi connectivity index (χ0) is 46.3. The minimum absolute atomic E-state index is 0.147. The van der Waals surface area contributed by atoms with E-state index in [2.05, 4.69) is 108 Å². The number of nitrogens with one attached hydrogen (secondary N) is 4. The number of amides is 4. The van der Waals surface area contributed by atoms with E-state index in [4.69, 9.17) is 9.47 Å². The quantitative estimate of drug-likeness (QED) is 0.105. The molecule has 4 aromatic rings. The number of allylic oxidation sites excluding steroid dienone is 2. The molecule has 0 radical (unpaired) electrons. The van der Waals surface area contributed by atoms with Gasteiger partial charge in [0.25, 0.3) is 11.8 Å². The van der Waals surface area contributed by atoms with E-state index in [-0.39, 0.29) is 11.8 Å². The van der Waals surface area contributed by atoms with Gasteiger partial charge in [-0.05, 0) is 160 Å². The van der Waals surface area contributed by atoms with Gasteiger partial charge in [-0.2, -0.15) is 0 Å². The topological polar surface area (TPSA) is 135 Å². The molecule has 0 aromatic heterocycles. The van der Waals surface area contributed by atoms with Gasteiger partial charge in [0.05, 0.1) is 0 Å². The highest BCUT2D eigenvalue weighted by atomic mass is 16.6. The van der Waals surface area contributed by atoms with Gasteiger partial charge in [-0.15, -0.1) is 0 Å². The minimum atomic E-state index is -0.545. The van der Waals surface area contributed by atoms with Crippen LogP contribution in [-0.4, -0.2) is 61.4 Å². The largest absolute Gasteiger partial charge is 0.444 e. The predicted molar refractivity (Wildman–Crippen MR) is 258 cm³/mol. The molecule has 4 amide bonds. The van der Waals surface area contributed by atoms with Crippen molar-refractivity contribution in [2.45, 2.75) is 118 Å². The van der Waals surface area contributed by atoms with Crippen LogP contribution in [0.4, 0.5) is 9.59 Å². The zero-order valence-electron chi connectivity index (χ0n) is 39.2. The second kappa shape index (κ2) is 23.0. The summed E-state index contributed by atoms with van der Waals surface area (Å²) in [7, 11) is 0. The lowest BCUT2D eigenvalue weighted by atomic mass is 9.91. The van der Waals surface area contributed by atoms with Crippen molar-refractivity contribution in [2.24, 2.45) is 0 Å². The summed E-state index contributed by atoms with van der Waals surface area (Å²) < 4.78 is 10.4. The number of benzene rings is 4. The Morgan fingerprint density at radius 1 is 0.484 bits per heavy atom. The van der Waals surface area contributed by atoms with Gasteiger partial charge < -0.3 is 30.7 Å². The lowest BCUT2D eigenvalue weighted by Gasteiger charge is -2.19. The van der Waals surface area contributed by atoms with Crippen LogP contribution in [0.3, 0.4) is 0 Å². The Kier molecular flexibility index (Phi) is 17.5. The fourth-order valence-corrected chi connectivity index (χ4v) is 7.73. The van der Waals surface area contributed by atoms with Gasteiger partial charge in [0.1, 0.15) is 11.2 Å². The van der Waals surface area contributed by atoms with Gasteiger partial charge in [0.15, 0.2) is 0 Å². The monoisotopic (exact) mass is 869 g/mol. The molecule has 0 saturated carbocycles. The smallest absolute Gasteiger partial charge is 0.407 e. The van der Waals surface area contributed by atoms with Crippen LogP contribution in [-0.2, 0) is 35.2 Å². The Bertz CT molecular complexity index is 2170. The third-order valence-electron chi connectivity index (χ3n) is 10.7. The first-order valence-corrected chi connectivity index (χ1v) is 22.9. The Balaban J connectivity index is 0.000000241. The number of rotatable bonds is 12. The molecule has 0 aliphatic heterocycles. The Morgan fingerprint density at radius 3 is 1.19 bits per heavy atom. The van der Waals surface area contributed by atoms with E-state index >= 15 is 0 Å². The number of carbonyl (C=O) groups excluding carboxylic acids is 4. The number of alkyl carbamates (subject to hydrolysis) is 2. The molecule has 6 rings (SSSR count). The first kappa shape index (κ1) is 48.9. The van der Waals surface area contributed by atoms with Crippen LogP contribution >= 0.6 is 0 Å². The second-order valence-corrected chi connectivity index (χ2v) is 18.2. The summed E-state index contributed by atoms with van der Waals surface area (Å²) >= 11 is 0. The summed E-state index contributed by atoms with van der Waals surface area (Å²) in [5.41, 5.74) is 12.7. The van der Waals surface area contributed by atoms with Crippen molar-refractivity contribution in [1.29, 1.82) is 0 Å².